The first kappa shape index (κ1) is 12.2. The van der Waals surface area contributed by atoms with Crippen LogP contribution in [0.3, 0.4) is 0 Å². The zero-order valence-electron chi connectivity index (χ0n) is 10.8. The Hall–Kier alpha value is -2.89. The number of hydrogen-bond acceptors (Lipinski definition) is 4. The Morgan fingerprint density at radius 3 is 2.65 bits per heavy atom. The van der Waals surface area contributed by atoms with Crippen molar-refractivity contribution in [3.8, 4) is 22.5 Å². The minimum atomic E-state index is -0.252. The molecule has 0 saturated heterocycles. The summed E-state index contributed by atoms with van der Waals surface area (Å²) in [5, 5.41) is 13.3. The molecule has 2 aromatic heterocycles. The second-order valence-corrected chi connectivity index (χ2v) is 4.53. The summed E-state index contributed by atoms with van der Waals surface area (Å²) in [5.74, 6) is 0.401. The molecule has 20 heavy (non-hydrogen) atoms. The average Bonchev–Trinajstić information content (AvgIpc) is 2.81. The molecule has 0 aliphatic heterocycles. The molecule has 0 aliphatic rings. The second-order valence-electron chi connectivity index (χ2n) is 4.53. The van der Waals surface area contributed by atoms with E-state index in [4.69, 9.17) is 5.73 Å². The lowest BCUT2D eigenvalue weighted by Crippen LogP contribution is -2.05. The van der Waals surface area contributed by atoms with Crippen molar-refractivity contribution < 1.29 is 0 Å². The molecule has 0 aliphatic carbocycles. The molecule has 2 heterocycles. The minimum absolute atomic E-state index is 0.252. The number of nitrogens with one attached hydrogen (secondary N) is 2. The predicted molar refractivity (Wildman–Crippen MR) is 77.0 cm³/mol. The van der Waals surface area contributed by atoms with Gasteiger partial charge in [0.05, 0.1) is 11.3 Å². The Balaban J connectivity index is 2.19. The monoisotopic (exact) mass is 267 g/mol. The van der Waals surface area contributed by atoms with E-state index in [1.165, 1.54) is 6.07 Å². The average molecular weight is 267 g/mol. The highest BCUT2D eigenvalue weighted by molar-refractivity contribution is 5.86. The standard InChI is InChI=1S/C14H13N5O/c1-8-3-2-4-9(7-8)12-13(18-19-14(12)15)10-5-6-11(20)17-16-10/h2-7H,1H3,(H,17,20)(H3,15,18,19). The molecule has 6 nitrogen and oxygen atoms in total. The Bertz CT molecular complexity index is 798. The number of aromatic amines is 2. The Labute approximate surface area is 114 Å². The van der Waals surface area contributed by atoms with Gasteiger partial charge in [0.25, 0.3) is 5.56 Å². The van der Waals surface area contributed by atoms with Crippen LogP contribution in [0.25, 0.3) is 22.5 Å². The Morgan fingerprint density at radius 1 is 1.10 bits per heavy atom. The zero-order valence-corrected chi connectivity index (χ0v) is 10.8. The molecular formula is C14H13N5O. The van der Waals surface area contributed by atoms with Crippen molar-refractivity contribution in [1.82, 2.24) is 20.4 Å². The lowest BCUT2D eigenvalue weighted by atomic mass is 10.0. The number of H-pyrrole nitrogens is 2. The van der Waals surface area contributed by atoms with Gasteiger partial charge in [-0.2, -0.15) is 10.2 Å². The molecule has 3 aromatic rings. The summed E-state index contributed by atoms with van der Waals surface area (Å²) in [6, 6.07) is 11.0. The van der Waals surface area contributed by atoms with Gasteiger partial charge in [-0.25, -0.2) is 5.10 Å². The van der Waals surface area contributed by atoms with Crippen LogP contribution in [0.5, 0.6) is 0 Å². The fourth-order valence-corrected chi connectivity index (χ4v) is 2.12. The molecule has 0 radical (unpaired) electrons. The van der Waals surface area contributed by atoms with Crippen LogP contribution in [0.4, 0.5) is 5.82 Å². The number of aromatic nitrogens is 4. The third-order valence-corrected chi connectivity index (χ3v) is 3.04. The third kappa shape index (κ3) is 2.07. The molecule has 0 saturated carbocycles. The highest BCUT2D eigenvalue weighted by Crippen LogP contribution is 2.33. The SMILES string of the molecule is Cc1cccc(-c2c(N)n[nH]c2-c2ccc(=O)[nH]n2)c1. The van der Waals surface area contributed by atoms with Crippen LogP contribution < -0.4 is 11.3 Å². The van der Waals surface area contributed by atoms with E-state index in [1.807, 2.05) is 31.2 Å². The maximum Gasteiger partial charge on any atom is 0.264 e. The third-order valence-electron chi connectivity index (χ3n) is 3.04. The number of rotatable bonds is 2. The van der Waals surface area contributed by atoms with Gasteiger partial charge in [-0.15, -0.1) is 0 Å². The summed E-state index contributed by atoms with van der Waals surface area (Å²) in [5.41, 5.74) is 9.84. The molecule has 0 fully saturated rings. The quantitative estimate of drug-likeness (QED) is 0.658. The van der Waals surface area contributed by atoms with Gasteiger partial charge in [0.15, 0.2) is 5.82 Å². The number of anilines is 1. The van der Waals surface area contributed by atoms with Crippen LogP contribution in [0.15, 0.2) is 41.2 Å². The largest absolute Gasteiger partial charge is 0.382 e. The normalized spacial score (nSPS) is 10.7. The minimum Gasteiger partial charge on any atom is -0.382 e. The number of nitrogens with two attached hydrogens (primary N) is 1. The second kappa shape index (κ2) is 4.65. The van der Waals surface area contributed by atoms with Gasteiger partial charge in [-0.1, -0.05) is 29.8 Å². The summed E-state index contributed by atoms with van der Waals surface area (Å²) in [7, 11) is 0. The van der Waals surface area contributed by atoms with Crippen LogP contribution in [0.1, 0.15) is 5.56 Å². The topological polar surface area (TPSA) is 100 Å². The van der Waals surface area contributed by atoms with Gasteiger partial charge in [0.2, 0.25) is 0 Å². The summed E-state index contributed by atoms with van der Waals surface area (Å²) in [4.78, 5) is 11.1. The molecular weight excluding hydrogens is 254 g/mol. The first-order chi connectivity index (χ1) is 9.65. The van der Waals surface area contributed by atoms with E-state index >= 15 is 0 Å². The summed E-state index contributed by atoms with van der Waals surface area (Å²) in [6.45, 7) is 2.01. The van der Waals surface area contributed by atoms with Crippen molar-refractivity contribution in [2.24, 2.45) is 0 Å². The Kier molecular flexibility index (Phi) is 2.83. The zero-order chi connectivity index (χ0) is 14.1. The first-order valence-corrected chi connectivity index (χ1v) is 6.12. The van der Waals surface area contributed by atoms with Crippen molar-refractivity contribution in [2.75, 3.05) is 5.73 Å². The summed E-state index contributed by atoms with van der Waals surface area (Å²) >= 11 is 0. The lowest BCUT2D eigenvalue weighted by Gasteiger charge is -2.04. The number of benzene rings is 1. The lowest BCUT2D eigenvalue weighted by molar-refractivity contribution is 0.982. The molecule has 1 aromatic carbocycles. The van der Waals surface area contributed by atoms with E-state index in [0.717, 1.165) is 16.7 Å². The molecule has 0 bridgehead atoms. The van der Waals surface area contributed by atoms with E-state index in [9.17, 15) is 4.79 Å². The number of nitrogen functional groups attached to an aromatic ring is 1. The molecule has 3 rings (SSSR count). The maximum atomic E-state index is 11.1. The van der Waals surface area contributed by atoms with Gasteiger partial charge in [-0.05, 0) is 18.6 Å². The molecule has 0 amide bonds. The summed E-state index contributed by atoms with van der Waals surface area (Å²) < 4.78 is 0. The maximum absolute atomic E-state index is 11.1. The van der Waals surface area contributed by atoms with Gasteiger partial charge in [-0.3, -0.25) is 9.89 Å². The number of hydrogen-bond donors (Lipinski definition) is 3. The van der Waals surface area contributed by atoms with Gasteiger partial charge in [0.1, 0.15) is 5.69 Å². The van der Waals surface area contributed by atoms with Crippen LogP contribution in [0, 0.1) is 6.92 Å². The van der Waals surface area contributed by atoms with Gasteiger partial charge in [0, 0.05) is 6.07 Å². The van der Waals surface area contributed by atoms with Crippen molar-refractivity contribution in [3.63, 3.8) is 0 Å². The van der Waals surface area contributed by atoms with Crippen LogP contribution in [-0.2, 0) is 0 Å². The van der Waals surface area contributed by atoms with Crippen LogP contribution in [-0.4, -0.2) is 20.4 Å². The van der Waals surface area contributed by atoms with Crippen LogP contribution >= 0.6 is 0 Å². The van der Waals surface area contributed by atoms with E-state index < -0.39 is 0 Å². The Morgan fingerprint density at radius 2 is 1.95 bits per heavy atom. The van der Waals surface area contributed by atoms with E-state index in [0.29, 0.717) is 17.2 Å². The predicted octanol–water partition coefficient (Wildman–Crippen LogP) is 1.72. The van der Waals surface area contributed by atoms with Crippen molar-refractivity contribution in [2.45, 2.75) is 6.92 Å². The highest BCUT2D eigenvalue weighted by atomic mass is 16.1. The van der Waals surface area contributed by atoms with Crippen LogP contribution in [0.2, 0.25) is 0 Å². The van der Waals surface area contributed by atoms with E-state index in [2.05, 4.69) is 20.4 Å². The first-order valence-electron chi connectivity index (χ1n) is 6.12. The molecule has 0 atom stereocenters. The number of aryl methyl sites for hydroxylation is 1. The molecule has 6 heteroatoms. The van der Waals surface area contributed by atoms with Gasteiger partial charge < -0.3 is 5.73 Å². The van der Waals surface area contributed by atoms with E-state index in [-0.39, 0.29) is 5.56 Å². The molecule has 4 N–H and O–H groups in total. The number of nitrogens with zero attached hydrogens (tertiary/aromatic N) is 2. The van der Waals surface area contributed by atoms with E-state index in [1.54, 1.807) is 6.07 Å². The smallest absolute Gasteiger partial charge is 0.264 e. The van der Waals surface area contributed by atoms with Crippen molar-refractivity contribution in [3.05, 3.63) is 52.3 Å². The molecule has 0 spiro atoms. The fraction of sp³-hybridized carbons (Fsp3) is 0.0714. The van der Waals surface area contributed by atoms with Gasteiger partial charge >= 0.3 is 0 Å². The molecule has 100 valence electrons. The van der Waals surface area contributed by atoms with Crippen molar-refractivity contribution >= 4 is 5.82 Å². The highest BCUT2D eigenvalue weighted by Gasteiger charge is 2.15. The summed E-state index contributed by atoms with van der Waals surface area (Å²) in [6.07, 6.45) is 0. The van der Waals surface area contributed by atoms with Crippen molar-refractivity contribution in [1.29, 1.82) is 0 Å². The molecule has 0 unspecified atom stereocenters. The fourth-order valence-electron chi connectivity index (χ4n) is 2.12.